The van der Waals surface area contributed by atoms with Crippen LogP contribution < -0.4 is 21.9 Å². The predicted molar refractivity (Wildman–Crippen MR) is 156 cm³/mol. The zero-order valence-corrected chi connectivity index (χ0v) is 24.0. The number of hydrogen-bond donors (Lipinski definition) is 2. The highest BCUT2D eigenvalue weighted by Crippen LogP contribution is 2.10. The SMILES string of the molecule is CCCCCCCCCCCCNCCCCNCCCCCCn1c(=O)c2c(ncn2C)n(C)c1=O. The maximum absolute atomic E-state index is 12.7. The highest BCUT2D eigenvalue weighted by atomic mass is 16.2. The molecule has 0 aliphatic heterocycles. The van der Waals surface area contributed by atoms with Gasteiger partial charge in [0.1, 0.15) is 0 Å². The van der Waals surface area contributed by atoms with Gasteiger partial charge in [0.05, 0.1) is 6.33 Å². The minimum Gasteiger partial charge on any atom is -0.328 e. The number of imidazole rings is 1. The van der Waals surface area contributed by atoms with Gasteiger partial charge in [0, 0.05) is 20.6 Å². The molecule has 2 N–H and O–H groups in total. The van der Waals surface area contributed by atoms with Gasteiger partial charge < -0.3 is 15.2 Å². The fraction of sp³-hybridized carbons (Fsp3) is 0.828. The summed E-state index contributed by atoms with van der Waals surface area (Å²) in [5.41, 5.74) is 0.415. The van der Waals surface area contributed by atoms with Crippen LogP contribution in [0.25, 0.3) is 11.2 Å². The summed E-state index contributed by atoms with van der Waals surface area (Å²) in [6.07, 6.45) is 22.1. The van der Waals surface area contributed by atoms with Gasteiger partial charge >= 0.3 is 5.69 Å². The molecule has 0 saturated carbocycles. The number of nitrogens with one attached hydrogen (secondary N) is 2. The van der Waals surface area contributed by atoms with Gasteiger partial charge in [0.2, 0.25) is 0 Å². The van der Waals surface area contributed by atoms with Gasteiger partial charge in [-0.05, 0) is 58.3 Å². The molecule has 0 aliphatic carbocycles. The first-order valence-corrected chi connectivity index (χ1v) is 15.1. The van der Waals surface area contributed by atoms with Gasteiger partial charge in [-0.25, -0.2) is 9.78 Å². The molecule has 0 saturated heterocycles. The fourth-order valence-electron chi connectivity index (χ4n) is 4.95. The largest absolute Gasteiger partial charge is 0.332 e. The summed E-state index contributed by atoms with van der Waals surface area (Å²) in [6, 6.07) is 0. The minimum absolute atomic E-state index is 0.238. The highest BCUT2D eigenvalue weighted by Gasteiger charge is 2.14. The molecule has 8 nitrogen and oxygen atoms in total. The number of nitrogens with zero attached hydrogens (tertiary/aromatic N) is 4. The first-order valence-electron chi connectivity index (χ1n) is 15.1. The second-order valence-corrected chi connectivity index (χ2v) is 10.6. The molecule has 0 spiro atoms. The molecule has 2 aromatic rings. The monoisotopic (exact) mass is 518 g/mol. The number of aryl methyl sites for hydroxylation is 2. The van der Waals surface area contributed by atoms with Crippen molar-refractivity contribution in [1.29, 1.82) is 0 Å². The summed E-state index contributed by atoms with van der Waals surface area (Å²) in [5.74, 6) is 0. The summed E-state index contributed by atoms with van der Waals surface area (Å²) in [7, 11) is 3.46. The first-order chi connectivity index (χ1) is 18.1. The average Bonchev–Trinajstić information content (AvgIpc) is 3.29. The molecule has 8 heteroatoms. The van der Waals surface area contributed by atoms with E-state index in [4.69, 9.17) is 0 Å². The third-order valence-electron chi connectivity index (χ3n) is 7.35. The average molecular weight is 519 g/mol. The van der Waals surface area contributed by atoms with Crippen molar-refractivity contribution in [3.63, 3.8) is 0 Å². The Morgan fingerprint density at radius 3 is 1.68 bits per heavy atom. The third-order valence-corrected chi connectivity index (χ3v) is 7.35. The van der Waals surface area contributed by atoms with Crippen molar-refractivity contribution in [1.82, 2.24) is 29.3 Å². The Hall–Kier alpha value is -1.93. The summed E-state index contributed by atoms with van der Waals surface area (Å²) in [6.45, 7) is 7.15. The number of hydrogen-bond acceptors (Lipinski definition) is 5. The lowest BCUT2D eigenvalue weighted by molar-refractivity contribution is 0.515. The van der Waals surface area contributed by atoms with Gasteiger partial charge in [-0.2, -0.15) is 0 Å². The maximum Gasteiger partial charge on any atom is 0.332 e. The van der Waals surface area contributed by atoms with Crippen molar-refractivity contribution in [2.45, 2.75) is 116 Å². The molecule has 37 heavy (non-hydrogen) atoms. The van der Waals surface area contributed by atoms with Crippen molar-refractivity contribution >= 4 is 11.2 Å². The van der Waals surface area contributed by atoms with Crippen LogP contribution in [0.1, 0.15) is 110 Å². The highest BCUT2D eigenvalue weighted by molar-refractivity contribution is 5.69. The van der Waals surface area contributed by atoms with E-state index in [9.17, 15) is 9.59 Å². The molecule has 0 atom stereocenters. The number of aromatic nitrogens is 4. The first kappa shape index (κ1) is 31.3. The molecule has 0 unspecified atom stereocenters. The van der Waals surface area contributed by atoms with E-state index < -0.39 is 0 Å². The maximum atomic E-state index is 12.7. The van der Waals surface area contributed by atoms with E-state index in [-0.39, 0.29) is 11.2 Å². The van der Waals surface area contributed by atoms with E-state index in [1.165, 1.54) is 86.2 Å². The van der Waals surface area contributed by atoms with Crippen LogP contribution in [0, 0.1) is 0 Å². The molecule has 2 aromatic heterocycles. The molecule has 0 fully saturated rings. The lowest BCUT2D eigenvalue weighted by Gasteiger charge is -2.09. The van der Waals surface area contributed by atoms with Crippen LogP contribution >= 0.6 is 0 Å². The van der Waals surface area contributed by atoms with Crippen LogP contribution in [0.5, 0.6) is 0 Å². The molecule has 212 valence electrons. The number of rotatable bonds is 23. The van der Waals surface area contributed by atoms with Crippen LogP contribution in [-0.2, 0) is 20.6 Å². The minimum atomic E-state index is -0.282. The Morgan fingerprint density at radius 2 is 1.14 bits per heavy atom. The van der Waals surface area contributed by atoms with Gasteiger partial charge in [-0.15, -0.1) is 0 Å². The van der Waals surface area contributed by atoms with E-state index in [1.54, 1.807) is 25.0 Å². The van der Waals surface area contributed by atoms with E-state index in [0.717, 1.165) is 51.9 Å². The molecule has 2 heterocycles. The molecule has 0 aliphatic rings. The molecule has 0 bridgehead atoms. The van der Waals surface area contributed by atoms with Gasteiger partial charge in [0.25, 0.3) is 5.56 Å². The summed E-state index contributed by atoms with van der Waals surface area (Å²) < 4.78 is 4.51. The summed E-state index contributed by atoms with van der Waals surface area (Å²) in [5, 5.41) is 7.14. The van der Waals surface area contributed by atoms with E-state index in [1.807, 2.05) is 0 Å². The Labute approximate surface area is 224 Å². The molecule has 0 aromatic carbocycles. The molecular weight excluding hydrogens is 464 g/mol. The fourth-order valence-corrected chi connectivity index (χ4v) is 4.95. The van der Waals surface area contributed by atoms with Crippen LogP contribution in [-0.4, -0.2) is 44.9 Å². The van der Waals surface area contributed by atoms with E-state index in [0.29, 0.717) is 17.7 Å². The van der Waals surface area contributed by atoms with Crippen LogP contribution in [0.3, 0.4) is 0 Å². The van der Waals surface area contributed by atoms with Gasteiger partial charge in [-0.1, -0.05) is 77.6 Å². The Kier molecular flexibility index (Phi) is 16.2. The zero-order chi connectivity index (χ0) is 26.7. The van der Waals surface area contributed by atoms with Crippen LogP contribution in [0.15, 0.2) is 15.9 Å². The van der Waals surface area contributed by atoms with Crippen LogP contribution in [0.2, 0.25) is 0 Å². The van der Waals surface area contributed by atoms with Gasteiger partial charge in [-0.3, -0.25) is 13.9 Å². The van der Waals surface area contributed by atoms with Crippen molar-refractivity contribution in [3.8, 4) is 0 Å². The van der Waals surface area contributed by atoms with Crippen molar-refractivity contribution in [2.75, 3.05) is 26.2 Å². The Morgan fingerprint density at radius 1 is 0.676 bits per heavy atom. The zero-order valence-electron chi connectivity index (χ0n) is 24.0. The van der Waals surface area contributed by atoms with E-state index in [2.05, 4.69) is 22.5 Å². The van der Waals surface area contributed by atoms with Gasteiger partial charge in [0.15, 0.2) is 11.2 Å². The molecular formula is C29H54N6O2. The van der Waals surface area contributed by atoms with Crippen molar-refractivity contribution in [2.24, 2.45) is 14.1 Å². The lowest BCUT2D eigenvalue weighted by Crippen LogP contribution is -2.39. The van der Waals surface area contributed by atoms with Crippen molar-refractivity contribution in [3.05, 3.63) is 27.2 Å². The Bertz CT molecular complexity index is 977. The third kappa shape index (κ3) is 11.6. The standard InChI is InChI=1S/C29H54N6O2/c1-4-5-6-7-8-9-10-11-12-15-20-30-22-17-18-23-31-21-16-13-14-19-24-35-28(36)26-27(32-25-33(26)2)34(3)29(35)37/h25,30-31H,4-24H2,1-3H3. The number of fused-ring (bicyclic) bond motifs is 1. The quantitative estimate of drug-likeness (QED) is 0.205. The molecule has 0 radical (unpaired) electrons. The lowest BCUT2D eigenvalue weighted by atomic mass is 10.1. The van der Waals surface area contributed by atoms with Crippen LogP contribution in [0.4, 0.5) is 0 Å². The Balaban J connectivity index is 1.37. The van der Waals surface area contributed by atoms with Crippen molar-refractivity contribution < 1.29 is 0 Å². The molecule has 2 rings (SSSR count). The second kappa shape index (κ2) is 19.2. The smallest absolute Gasteiger partial charge is 0.328 e. The predicted octanol–water partition coefficient (Wildman–Crippen LogP) is 4.87. The molecule has 0 amide bonds. The summed E-state index contributed by atoms with van der Waals surface area (Å²) >= 11 is 0. The second-order valence-electron chi connectivity index (χ2n) is 10.6. The summed E-state index contributed by atoms with van der Waals surface area (Å²) in [4.78, 5) is 29.4. The van der Waals surface area contributed by atoms with E-state index >= 15 is 0 Å². The topological polar surface area (TPSA) is 85.9 Å². The normalized spacial score (nSPS) is 11.6. The number of unbranched alkanes of at least 4 members (excludes halogenated alkanes) is 13.